The van der Waals surface area contributed by atoms with Gasteiger partial charge in [0, 0.05) is 49.2 Å². The van der Waals surface area contributed by atoms with E-state index in [9.17, 15) is 19.2 Å². The lowest BCUT2D eigenvalue weighted by Gasteiger charge is -2.14. The lowest BCUT2D eigenvalue weighted by Crippen LogP contribution is -2.05. The van der Waals surface area contributed by atoms with Crippen LogP contribution in [0.2, 0.25) is 0 Å². The SMILES string of the molecule is CC(=O)Oc1ccc(OC(C)=O)c2cc(Oc3ccc4c(OC(C)=O)ccc(OC(C)=O)c4c3)ccc12. The minimum atomic E-state index is -0.510. The largest absolute Gasteiger partial charge is 0.457 e. The Hall–Kier alpha value is -4.92. The summed E-state index contributed by atoms with van der Waals surface area (Å²) in [7, 11) is 0. The number of esters is 4. The fourth-order valence-corrected chi connectivity index (χ4v) is 3.78. The first-order chi connectivity index (χ1) is 17.6. The molecule has 0 fully saturated rings. The van der Waals surface area contributed by atoms with Crippen molar-refractivity contribution in [2.45, 2.75) is 27.7 Å². The zero-order chi connectivity index (χ0) is 26.7. The number of rotatable bonds is 6. The first-order valence-electron chi connectivity index (χ1n) is 11.2. The molecule has 4 aromatic carbocycles. The quantitative estimate of drug-likeness (QED) is 0.249. The van der Waals surface area contributed by atoms with Crippen LogP contribution in [0, 0.1) is 0 Å². The Kier molecular flexibility index (Phi) is 7.06. The molecule has 0 saturated heterocycles. The highest BCUT2D eigenvalue weighted by atomic mass is 16.5. The highest BCUT2D eigenvalue weighted by Crippen LogP contribution is 2.39. The van der Waals surface area contributed by atoms with Crippen LogP contribution < -0.4 is 23.7 Å². The summed E-state index contributed by atoms with van der Waals surface area (Å²) < 4.78 is 27.3. The molecule has 0 amide bonds. The first-order valence-corrected chi connectivity index (χ1v) is 11.2. The van der Waals surface area contributed by atoms with Crippen LogP contribution in [0.25, 0.3) is 21.5 Å². The van der Waals surface area contributed by atoms with Gasteiger partial charge in [0.25, 0.3) is 0 Å². The standard InChI is InChI=1S/C28H22O9/c1-15(29)33-25-9-11-27(35-17(3)31)23-13-19(5-7-21(23)25)37-20-6-8-22-24(14-20)28(36-18(4)32)12-10-26(22)34-16(2)30/h5-14H,1-4H3. The summed E-state index contributed by atoms with van der Waals surface area (Å²) >= 11 is 0. The summed E-state index contributed by atoms with van der Waals surface area (Å²) in [5.41, 5.74) is 0. The van der Waals surface area contributed by atoms with Crippen LogP contribution in [0.5, 0.6) is 34.5 Å². The first kappa shape index (κ1) is 25.2. The summed E-state index contributed by atoms with van der Waals surface area (Å²) in [6.07, 6.45) is 0. The zero-order valence-electron chi connectivity index (χ0n) is 20.4. The molecule has 188 valence electrons. The van der Waals surface area contributed by atoms with Crippen LogP contribution in [-0.4, -0.2) is 23.9 Å². The Morgan fingerprint density at radius 3 is 1.03 bits per heavy atom. The van der Waals surface area contributed by atoms with Crippen molar-refractivity contribution in [1.82, 2.24) is 0 Å². The van der Waals surface area contributed by atoms with Gasteiger partial charge in [0.15, 0.2) is 0 Å². The molecule has 0 aromatic heterocycles. The highest BCUT2D eigenvalue weighted by molar-refractivity contribution is 5.98. The fourth-order valence-electron chi connectivity index (χ4n) is 3.78. The molecular weight excluding hydrogens is 480 g/mol. The molecule has 37 heavy (non-hydrogen) atoms. The van der Waals surface area contributed by atoms with Gasteiger partial charge in [-0.05, 0) is 60.7 Å². The molecule has 0 radical (unpaired) electrons. The Morgan fingerprint density at radius 2 is 0.730 bits per heavy atom. The van der Waals surface area contributed by atoms with E-state index in [0.29, 0.717) is 44.5 Å². The molecule has 9 heteroatoms. The van der Waals surface area contributed by atoms with Gasteiger partial charge in [0.05, 0.1) is 0 Å². The molecule has 0 unspecified atom stereocenters. The van der Waals surface area contributed by atoms with Crippen LogP contribution >= 0.6 is 0 Å². The predicted molar refractivity (Wildman–Crippen MR) is 133 cm³/mol. The normalized spacial score (nSPS) is 10.6. The monoisotopic (exact) mass is 502 g/mol. The van der Waals surface area contributed by atoms with Crippen molar-refractivity contribution in [2.75, 3.05) is 0 Å². The van der Waals surface area contributed by atoms with E-state index in [1.165, 1.54) is 39.8 Å². The lowest BCUT2D eigenvalue weighted by atomic mass is 10.1. The number of carbonyl (C=O) groups is 4. The van der Waals surface area contributed by atoms with Gasteiger partial charge in [-0.1, -0.05) is 0 Å². The van der Waals surface area contributed by atoms with Crippen molar-refractivity contribution in [2.24, 2.45) is 0 Å². The van der Waals surface area contributed by atoms with E-state index >= 15 is 0 Å². The molecule has 0 spiro atoms. The Labute approximate surface area is 211 Å². The summed E-state index contributed by atoms with van der Waals surface area (Å²) in [4.78, 5) is 46.3. The molecule has 0 aliphatic carbocycles. The van der Waals surface area contributed by atoms with Crippen molar-refractivity contribution in [1.29, 1.82) is 0 Å². The zero-order valence-corrected chi connectivity index (χ0v) is 20.4. The van der Waals surface area contributed by atoms with Crippen LogP contribution in [0.15, 0.2) is 60.7 Å². The van der Waals surface area contributed by atoms with Crippen molar-refractivity contribution in [3.63, 3.8) is 0 Å². The topological polar surface area (TPSA) is 114 Å². The summed E-state index contributed by atoms with van der Waals surface area (Å²) in [5.74, 6) is -0.0661. The second-order valence-corrected chi connectivity index (χ2v) is 8.02. The third-order valence-electron chi connectivity index (χ3n) is 5.07. The van der Waals surface area contributed by atoms with Gasteiger partial charge < -0.3 is 23.7 Å². The summed E-state index contributed by atoms with van der Waals surface area (Å²) in [6, 6.07) is 16.1. The average molecular weight is 502 g/mol. The third kappa shape index (κ3) is 5.84. The number of hydrogen-bond donors (Lipinski definition) is 0. The minimum Gasteiger partial charge on any atom is -0.457 e. The van der Waals surface area contributed by atoms with Gasteiger partial charge >= 0.3 is 23.9 Å². The predicted octanol–water partition coefficient (Wildman–Crippen LogP) is 5.49. The molecule has 0 N–H and O–H groups in total. The van der Waals surface area contributed by atoms with E-state index in [-0.39, 0.29) is 11.5 Å². The molecule has 0 bridgehead atoms. The lowest BCUT2D eigenvalue weighted by molar-refractivity contribution is -0.132. The molecular formula is C28H22O9. The Bertz CT molecular complexity index is 1450. The molecule has 4 rings (SSSR count). The van der Waals surface area contributed by atoms with E-state index < -0.39 is 23.9 Å². The molecule has 9 nitrogen and oxygen atoms in total. The van der Waals surface area contributed by atoms with Crippen LogP contribution in [0.1, 0.15) is 27.7 Å². The van der Waals surface area contributed by atoms with Crippen molar-refractivity contribution in [3.05, 3.63) is 60.7 Å². The van der Waals surface area contributed by atoms with Gasteiger partial charge in [-0.3, -0.25) is 19.2 Å². The molecule has 0 saturated carbocycles. The van der Waals surface area contributed by atoms with Crippen molar-refractivity contribution < 1.29 is 42.9 Å². The Morgan fingerprint density at radius 1 is 0.432 bits per heavy atom. The van der Waals surface area contributed by atoms with Gasteiger partial charge in [0.2, 0.25) is 0 Å². The second kappa shape index (κ2) is 10.4. The van der Waals surface area contributed by atoms with Crippen molar-refractivity contribution >= 4 is 45.4 Å². The van der Waals surface area contributed by atoms with Crippen molar-refractivity contribution in [3.8, 4) is 34.5 Å². The smallest absolute Gasteiger partial charge is 0.308 e. The second-order valence-electron chi connectivity index (χ2n) is 8.02. The van der Waals surface area contributed by atoms with E-state index in [1.54, 1.807) is 48.5 Å². The van der Waals surface area contributed by atoms with E-state index in [0.717, 1.165) is 0 Å². The van der Waals surface area contributed by atoms with Crippen LogP contribution in [0.4, 0.5) is 0 Å². The maximum Gasteiger partial charge on any atom is 0.308 e. The number of fused-ring (bicyclic) bond motifs is 2. The average Bonchev–Trinajstić information content (AvgIpc) is 2.81. The van der Waals surface area contributed by atoms with E-state index in [2.05, 4.69) is 0 Å². The number of hydrogen-bond acceptors (Lipinski definition) is 9. The maximum absolute atomic E-state index is 11.6. The van der Waals surface area contributed by atoms with Gasteiger partial charge in [0.1, 0.15) is 34.5 Å². The maximum atomic E-state index is 11.6. The number of benzene rings is 4. The summed E-state index contributed by atoms with van der Waals surface area (Å²) in [6.45, 7) is 5.15. The van der Waals surface area contributed by atoms with Gasteiger partial charge in [-0.25, -0.2) is 0 Å². The number of carbonyl (C=O) groups excluding carboxylic acids is 4. The third-order valence-corrected chi connectivity index (χ3v) is 5.07. The molecule has 4 aromatic rings. The molecule has 0 heterocycles. The molecule has 0 atom stereocenters. The van der Waals surface area contributed by atoms with Gasteiger partial charge in [-0.2, -0.15) is 0 Å². The van der Waals surface area contributed by atoms with Crippen LogP contribution in [0.3, 0.4) is 0 Å². The Balaban J connectivity index is 1.78. The molecule has 0 aliphatic heterocycles. The summed E-state index contributed by atoms with van der Waals surface area (Å²) in [5, 5.41) is 2.07. The minimum absolute atomic E-state index is 0.269. The van der Waals surface area contributed by atoms with Gasteiger partial charge in [-0.15, -0.1) is 0 Å². The fraction of sp³-hybridized carbons (Fsp3) is 0.143. The van der Waals surface area contributed by atoms with Crippen LogP contribution in [-0.2, 0) is 19.2 Å². The van der Waals surface area contributed by atoms with E-state index in [1.807, 2.05) is 0 Å². The molecule has 0 aliphatic rings. The highest BCUT2D eigenvalue weighted by Gasteiger charge is 2.15. The number of ether oxygens (including phenoxy) is 5. The van der Waals surface area contributed by atoms with E-state index in [4.69, 9.17) is 23.7 Å².